The second-order valence-electron chi connectivity index (χ2n) is 5.08. The van der Waals surface area contributed by atoms with E-state index in [1.807, 2.05) is 6.07 Å². The molecule has 0 fully saturated rings. The van der Waals surface area contributed by atoms with Gasteiger partial charge in [0.1, 0.15) is 0 Å². The third kappa shape index (κ3) is 4.49. The van der Waals surface area contributed by atoms with Gasteiger partial charge in [-0.1, -0.05) is 44.2 Å². The Kier molecular flexibility index (Phi) is 5.66. The summed E-state index contributed by atoms with van der Waals surface area (Å²) in [5.41, 5.74) is 1.42. The van der Waals surface area contributed by atoms with Crippen LogP contribution in [0.1, 0.15) is 45.1 Å². The second kappa shape index (κ2) is 6.77. The van der Waals surface area contributed by atoms with Crippen molar-refractivity contribution in [1.29, 1.82) is 0 Å². The minimum Gasteiger partial charge on any atom is -0.396 e. The van der Waals surface area contributed by atoms with E-state index < -0.39 is 0 Å². The van der Waals surface area contributed by atoms with E-state index in [1.54, 1.807) is 0 Å². The Balaban J connectivity index is 2.50. The SMILES string of the molecule is CCC(C)(CCO)NCC(C)c1ccccc1. The minimum atomic E-state index is 0.0534. The molecule has 2 N–H and O–H groups in total. The van der Waals surface area contributed by atoms with E-state index in [-0.39, 0.29) is 12.1 Å². The molecule has 0 aliphatic carbocycles. The summed E-state index contributed by atoms with van der Waals surface area (Å²) >= 11 is 0. The van der Waals surface area contributed by atoms with E-state index in [4.69, 9.17) is 5.11 Å². The van der Waals surface area contributed by atoms with Gasteiger partial charge in [0.15, 0.2) is 0 Å². The predicted molar refractivity (Wildman–Crippen MR) is 73.3 cm³/mol. The van der Waals surface area contributed by atoms with E-state index in [2.05, 4.69) is 50.4 Å². The van der Waals surface area contributed by atoms with Gasteiger partial charge < -0.3 is 10.4 Å². The van der Waals surface area contributed by atoms with Gasteiger partial charge in [-0.3, -0.25) is 0 Å². The molecule has 2 heteroatoms. The molecule has 17 heavy (non-hydrogen) atoms. The van der Waals surface area contributed by atoms with Crippen molar-refractivity contribution in [3.63, 3.8) is 0 Å². The molecule has 1 aromatic rings. The first-order valence-electron chi connectivity index (χ1n) is 6.52. The van der Waals surface area contributed by atoms with Crippen molar-refractivity contribution in [2.75, 3.05) is 13.2 Å². The molecule has 0 aliphatic rings. The first-order chi connectivity index (χ1) is 8.11. The molecule has 1 aromatic carbocycles. The smallest absolute Gasteiger partial charge is 0.0448 e. The van der Waals surface area contributed by atoms with E-state index in [9.17, 15) is 0 Å². The van der Waals surface area contributed by atoms with Crippen LogP contribution in [0.15, 0.2) is 30.3 Å². The van der Waals surface area contributed by atoms with Crippen molar-refractivity contribution in [2.45, 2.75) is 45.1 Å². The van der Waals surface area contributed by atoms with Gasteiger partial charge in [-0.2, -0.15) is 0 Å². The van der Waals surface area contributed by atoms with E-state index >= 15 is 0 Å². The zero-order valence-corrected chi connectivity index (χ0v) is 11.2. The molecular formula is C15H25NO. The van der Waals surface area contributed by atoms with E-state index in [0.29, 0.717) is 5.92 Å². The maximum atomic E-state index is 9.08. The Morgan fingerprint density at radius 1 is 1.29 bits per heavy atom. The van der Waals surface area contributed by atoms with Gasteiger partial charge in [-0.25, -0.2) is 0 Å². The molecule has 0 bridgehead atoms. The molecular weight excluding hydrogens is 210 g/mol. The van der Waals surface area contributed by atoms with Crippen molar-refractivity contribution in [2.24, 2.45) is 0 Å². The van der Waals surface area contributed by atoms with Crippen molar-refractivity contribution in [3.05, 3.63) is 35.9 Å². The van der Waals surface area contributed by atoms with Crippen LogP contribution < -0.4 is 5.32 Å². The molecule has 0 aliphatic heterocycles. The quantitative estimate of drug-likeness (QED) is 0.761. The maximum absolute atomic E-state index is 9.08. The lowest BCUT2D eigenvalue weighted by Crippen LogP contribution is -2.44. The molecule has 0 radical (unpaired) electrons. The van der Waals surface area contributed by atoms with Crippen LogP contribution in [0.5, 0.6) is 0 Å². The molecule has 0 aromatic heterocycles. The van der Waals surface area contributed by atoms with Gasteiger partial charge in [0, 0.05) is 18.7 Å². The van der Waals surface area contributed by atoms with Crippen LogP contribution in [0.25, 0.3) is 0 Å². The lowest BCUT2D eigenvalue weighted by molar-refractivity contribution is 0.214. The number of benzene rings is 1. The van der Waals surface area contributed by atoms with Crippen molar-refractivity contribution < 1.29 is 5.11 Å². The maximum Gasteiger partial charge on any atom is 0.0448 e. The van der Waals surface area contributed by atoms with Gasteiger partial charge in [0.25, 0.3) is 0 Å². The highest BCUT2D eigenvalue weighted by Crippen LogP contribution is 2.18. The third-order valence-corrected chi connectivity index (χ3v) is 3.65. The van der Waals surface area contributed by atoms with Crippen molar-refractivity contribution in [3.8, 4) is 0 Å². The standard InChI is InChI=1S/C15H25NO/c1-4-15(3,10-11-17)16-12-13(2)14-8-6-5-7-9-14/h5-9,13,16-17H,4,10-12H2,1-3H3. The Morgan fingerprint density at radius 3 is 2.47 bits per heavy atom. The normalized spacial score (nSPS) is 16.5. The first kappa shape index (κ1) is 14.2. The Morgan fingerprint density at radius 2 is 1.94 bits per heavy atom. The lowest BCUT2D eigenvalue weighted by Gasteiger charge is -2.30. The summed E-state index contributed by atoms with van der Waals surface area (Å²) in [5.74, 6) is 0.501. The summed E-state index contributed by atoms with van der Waals surface area (Å²) in [6, 6.07) is 10.5. The van der Waals surface area contributed by atoms with Crippen LogP contribution >= 0.6 is 0 Å². The van der Waals surface area contributed by atoms with Crippen LogP contribution in [0, 0.1) is 0 Å². The van der Waals surface area contributed by atoms with Gasteiger partial charge in [-0.05, 0) is 31.2 Å². The second-order valence-corrected chi connectivity index (χ2v) is 5.08. The van der Waals surface area contributed by atoms with E-state index in [1.165, 1.54) is 5.56 Å². The fourth-order valence-corrected chi connectivity index (χ4v) is 1.94. The third-order valence-electron chi connectivity index (χ3n) is 3.65. The number of aliphatic hydroxyl groups is 1. The van der Waals surface area contributed by atoms with Gasteiger partial charge >= 0.3 is 0 Å². The summed E-state index contributed by atoms with van der Waals surface area (Å²) in [6.45, 7) is 7.78. The number of rotatable bonds is 7. The Bertz CT molecular complexity index is 312. The van der Waals surface area contributed by atoms with Crippen LogP contribution in [0.3, 0.4) is 0 Å². The molecule has 2 atom stereocenters. The summed E-state index contributed by atoms with van der Waals surface area (Å²) in [4.78, 5) is 0. The highest BCUT2D eigenvalue weighted by Gasteiger charge is 2.21. The van der Waals surface area contributed by atoms with Crippen LogP contribution in [-0.4, -0.2) is 23.8 Å². The number of aliphatic hydroxyl groups excluding tert-OH is 1. The first-order valence-corrected chi connectivity index (χ1v) is 6.52. The minimum absolute atomic E-state index is 0.0534. The molecule has 96 valence electrons. The Labute approximate surface area is 105 Å². The van der Waals surface area contributed by atoms with Gasteiger partial charge in [0.05, 0.1) is 0 Å². The van der Waals surface area contributed by atoms with Crippen LogP contribution in [0.2, 0.25) is 0 Å². The molecule has 0 heterocycles. The average molecular weight is 235 g/mol. The molecule has 2 nitrogen and oxygen atoms in total. The summed E-state index contributed by atoms with van der Waals surface area (Å²) in [6.07, 6.45) is 1.85. The predicted octanol–water partition coefficient (Wildman–Crippen LogP) is 2.93. The fraction of sp³-hybridized carbons (Fsp3) is 0.600. The number of hydrogen-bond acceptors (Lipinski definition) is 2. The van der Waals surface area contributed by atoms with Crippen molar-refractivity contribution in [1.82, 2.24) is 5.32 Å². The van der Waals surface area contributed by atoms with Crippen LogP contribution in [0.4, 0.5) is 0 Å². The lowest BCUT2D eigenvalue weighted by atomic mass is 9.93. The highest BCUT2D eigenvalue weighted by molar-refractivity contribution is 5.19. The topological polar surface area (TPSA) is 32.3 Å². The van der Waals surface area contributed by atoms with Gasteiger partial charge in [-0.15, -0.1) is 0 Å². The Hall–Kier alpha value is -0.860. The zero-order valence-electron chi connectivity index (χ0n) is 11.2. The monoisotopic (exact) mass is 235 g/mol. The van der Waals surface area contributed by atoms with E-state index in [0.717, 1.165) is 19.4 Å². The van der Waals surface area contributed by atoms with Crippen LogP contribution in [-0.2, 0) is 0 Å². The largest absolute Gasteiger partial charge is 0.396 e. The zero-order chi connectivity index (χ0) is 12.7. The van der Waals surface area contributed by atoms with Crippen molar-refractivity contribution >= 4 is 0 Å². The fourth-order valence-electron chi connectivity index (χ4n) is 1.94. The number of hydrogen-bond donors (Lipinski definition) is 2. The molecule has 0 spiro atoms. The highest BCUT2D eigenvalue weighted by atomic mass is 16.3. The molecule has 0 saturated carbocycles. The summed E-state index contributed by atoms with van der Waals surface area (Å²) in [7, 11) is 0. The summed E-state index contributed by atoms with van der Waals surface area (Å²) in [5, 5.41) is 12.7. The molecule has 2 unspecified atom stereocenters. The number of nitrogens with one attached hydrogen (secondary N) is 1. The average Bonchev–Trinajstić information content (AvgIpc) is 2.37. The summed E-state index contributed by atoms with van der Waals surface area (Å²) < 4.78 is 0. The molecule has 0 saturated heterocycles. The molecule has 0 amide bonds. The van der Waals surface area contributed by atoms with Gasteiger partial charge in [0.2, 0.25) is 0 Å². The molecule has 1 rings (SSSR count).